The van der Waals surface area contributed by atoms with E-state index in [1.54, 1.807) is 22.9 Å². The molecule has 4 amide bonds. The Balaban J connectivity index is 1.28. The van der Waals surface area contributed by atoms with E-state index >= 15 is 8.90 Å². The fraction of sp³-hybridized carbons (Fsp3) is 0.619. The molecule has 12 heteroatoms. The number of aliphatic hydroxyl groups excluding tert-OH is 1. The number of anilines is 3. The van der Waals surface area contributed by atoms with Gasteiger partial charge in [0.15, 0.2) is 5.60 Å². The quantitative estimate of drug-likeness (QED) is 0.230. The smallest absolute Gasteiger partial charge is 0.264 e. The SMILES string of the molecule is C[C@@H]1[C@@H]([Si](C)(C)F)[C@H](CC(=O)N2CCC[C@H]2CO)O[C@@]12C(=O)N(Cc1cccc(N3CCCCCCC3=O)c1)c1ccc(N3CCCCCCC3=O)cc12. The van der Waals surface area contributed by atoms with E-state index in [1.807, 2.05) is 59.2 Å². The van der Waals surface area contributed by atoms with Gasteiger partial charge in [-0.25, -0.2) is 0 Å². The molecule has 0 aromatic heterocycles. The van der Waals surface area contributed by atoms with Gasteiger partial charge in [-0.05, 0) is 87.5 Å². The molecule has 5 atom stereocenters. The molecule has 0 saturated carbocycles. The van der Waals surface area contributed by atoms with Crippen LogP contribution in [0.4, 0.5) is 21.2 Å². The predicted molar refractivity (Wildman–Crippen MR) is 209 cm³/mol. The van der Waals surface area contributed by atoms with Crippen molar-refractivity contribution in [2.24, 2.45) is 5.92 Å². The Morgan fingerprint density at radius 2 is 1.52 bits per heavy atom. The van der Waals surface area contributed by atoms with Crippen LogP contribution in [0.25, 0.3) is 0 Å². The normalized spacial score (nSPS) is 28.4. The van der Waals surface area contributed by atoms with Crippen molar-refractivity contribution in [1.29, 1.82) is 0 Å². The lowest BCUT2D eigenvalue weighted by Gasteiger charge is -2.32. The van der Waals surface area contributed by atoms with Crippen LogP contribution in [-0.2, 0) is 36.1 Å². The lowest BCUT2D eigenvalue weighted by molar-refractivity contribution is -0.150. The van der Waals surface area contributed by atoms with Crippen molar-refractivity contribution in [3.63, 3.8) is 0 Å². The maximum Gasteiger partial charge on any atom is 0.264 e. The van der Waals surface area contributed by atoms with Gasteiger partial charge in [-0.3, -0.25) is 19.2 Å². The number of aliphatic hydroxyl groups is 1. The topological polar surface area (TPSA) is 111 Å². The van der Waals surface area contributed by atoms with Gasteiger partial charge in [-0.2, -0.15) is 0 Å². The minimum atomic E-state index is -3.55. The van der Waals surface area contributed by atoms with E-state index in [4.69, 9.17) is 4.74 Å². The molecule has 4 saturated heterocycles. The van der Waals surface area contributed by atoms with Gasteiger partial charge in [-0.15, -0.1) is 0 Å². The molecular formula is C42H57FN4O6Si. The first-order valence-corrected chi connectivity index (χ1v) is 23.3. The number of rotatable bonds is 8. The second-order valence-corrected chi connectivity index (χ2v) is 20.5. The third kappa shape index (κ3) is 7.25. The Bertz CT molecular complexity index is 1750. The van der Waals surface area contributed by atoms with Gasteiger partial charge in [0.2, 0.25) is 26.1 Å². The van der Waals surface area contributed by atoms with Crippen molar-refractivity contribution >= 4 is 49.1 Å². The fourth-order valence-electron chi connectivity index (χ4n) is 10.1. The monoisotopic (exact) mass is 760 g/mol. The van der Waals surface area contributed by atoms with Crippen molar-refractivity contribution in [2.45, 2.75) is 133 Å². The van der Waals surface area contributed by atoms with E-state index in [0.717, 1.165) is 69.0 Å². The third-order valence-electron chi connectivity index (χ3n) is 12.7. The molecule has 2 aromatic carbocycles. The van der Waals surface area contributed by atoms with Crippen LogP contribution in [0.3, 0.4) is 0 Å². The van der Waals surface area contributed by atoms with E-state index in [-0.39, 0.29) is 49.2 Å². The zero-order valence-corrected chi connectivity index (χ0v) is 33.2. The Labute approximate surface area is 320 Å². The first-order chi connectivity index (χ1) is 25.9. The number of nitrogens with zero attached hydrogens (tertiary/aromatic N) is 4. The number of carbonyl (C=O) groups excluding carboxylic acids is 4. The molecule has 0 bridgehead atoms. The third-order valence-corrected chi connectivity index (χ3v) is 15.2. The molecule has 0 radical (unpaired) electrons. The summed E-state index contributed by atoms with van der Waals surface area (Å²) in [5.41, 5.74) is 1.37. The predicted octanol–water partition coefficient (Wildman–Crippen LogP) is 6.98. The fourth-order valence-corrected chi connectivity index (χ4v) is 12.6. The molecule has 5 heterocycles. The van der Waals surface area contributed by atoms with Crippen LogP contribution >= 0.6 is 0 Å². The number of ether oxygens (including phenoxy) is 1. The Kier molecular flexibility index (Phi) is 11.4. The zero-order valence-electron chi connectivity index (χ0n) is 32.2. The van der Waals surface area contributed by atoms with Crippen molar-refractivity contribution in [3.8, 4) is 0 Å². The number of fused-ring (bicyclic) bond motifs is 2. The summed E-state index contributed by atoms with van der Waals surface area (Å²) in [7, 11) is -3.55. The summed E-state index contributed by atoms with van der Waals surface area (Å²) in [5.74, 6) is -0.947. The lowest BCUT2D eigenvalue weighted by Crippen LogP contribution is -2.45. The number of hydrogen-bond donors (Lipinski definition) is 1. The van der Waals surface area contributed by atoms with Crippen LogP contribution in [0.1, 0.15) is 102 Å². The van der Waals surface area contributed by atoms with Crippen LogP contribution in [0, 0.1) is 5.92 Å². The summed E-state index contributed by atoms with van der Waals surface area (Å²) < 4.78 is 23.6. The van der Waals surface area contributed by atoms with Crippen molar-refractivity contribution in [2.75, 3.05) is 40.9 Å². The number of carbonyl (C=O) groups is 4. The second kappa shape index (κ2) is 15.9. The molecule has 5 aliphatic heterocycles. The summed E-state index contributed by atoms with van der Waals surface area (Å²) in [6.45, 7) is 6.99. The van der Waals surface area contributed by atoms with Crippen molar-refractivity contribution in [1.82, 2.24) is 4.90 Å². The molecule has 7 rings (SSSR count). The molecule has 4 fully saturated rings. The molecule has 0 aliphatic carbocycles. The molecule has 2 aromatic rings. The average molecular weight is 761 g/mol. The van der Waals surface area contributed by atoms with E-state index in [1.165, 1.54) is 0 Å². The Hall–Kier alpha value is -3.61. The molecule has 1 spiro atoms. The molecule has 0 unspecified atom stereocenters. The Morgan fingerprint density at radius 3 is 2.17 bits per heavy atom. The van der Waals surface area contributed by atoms with Crippen LogP contribution in [0.5, 0.6) is 0 Å². The maximum atomic E-state index is 16.6. The molecule has 292 valence electrons. The van der Waals surface area contributed by atoms with E-state index in [2.05, 4.69) is 0 Å². The van der Waals surface area contributed by atoms with Gasteiger partial charge in [0, 0.05) is 60.9 Å². The minimum absolute atomic E-state index is 0.0449. The standard InChI is InChI=1S/C42H57FN4O6Si/c1-29-40(54(2,3)43)36(26-39(51)46-23-13-16-33(46)28-48)53-42(29)34-25-32(45-22-11-7-5-9-18-38(45)50)19-20-35(34)47(41(42)52)27-30-14-12-15-31(24-30)44-21-10-6-4-8-17-37(44)49/h12,14-15,19-20,24-25,29,33,36,40,48H,4-11,13,16-18,21-23,26-28H2,1-3H3/t29-,33+,36+,40-,42+/m1/s1. The highest BCUT2D eigenvalue weighted by atomic mass is 28.4. The molecule has 1 N–H and O–H groups in total. The summed E-state index contributed by atoms with van der Waals surface area (Å²) in [6, 6.07) is 13.2. The molecule has 10 nitrogen and oxygen atoms in total. The highest BCUT2D eigenvalue weighted by molar-refractivity contribution is 6.72. The zero-order chi connectivity index (χ0) is 38.2. The van der Waals surface area contributed by atoms with Crippen LogP contribution in [0.15, 0.2) is 42.5 Å². The summed E-state index contributed by atoms with van der Waals surface area (Å²) >= 11 is 0. The number of hydrogen-bond acceptors (Lipinski definition) is 6. The van der Waals surface area contributed by atoms with E-state index in [0.29, 0.717) is 55.8 Å². The Morgan fingerprint density at radius 1 is 0.870 bits per heavy atom. The summed E-state index contributed by atoms with van der Waals surface area (Å²) in [6.07, 6.45) is 9.29. The van der Waals surface area contributed by atoms with E-state index in [9.17, 15) is 19.5 Å². The molecule has 5 aliphatic rings. The summed E-state index contributed by atoms with van der Waals surface area (Å²) in [5, 5.41) is 9.97. The van der Waals surface area contributed by atoms with Crippen LogP contribution in [0.2, 0.25) is 18.6 Å². The molecule has 54 heavy (non-hydrogen) atoms. The van der Waals surface area contributed by atoms with Crippen molar-refractivity contribution < 1.29 is 33.1 Å². The number of amides is 4. The first kappa shape index (κ1) is 38.7. The average Bonchev–Trinajstić information content (AvgIpc) is 3.79. The van der Waals surface area contributed by atoms with Crippen LogP contribution in [-0.4, -0.2) is 80.4 Å². The highest BCUT2D eigenvalue weighted by Gasteiger charge is 2.67. The van der Waals surface area contributed by atoms with E-state index < -0.39 is 31.6 Å². The summed E-state index contributed by atoms with van der Waals surface area (Å²) in [4.78, 5) is 62.8. The number of benzene rings is 2. The van der Waals surface area contributed by atoms with Crippen LogP contribution < -0.4 is 14.7 Å². The minimum Gasteiger partial charge on any atom is -0.394 e. The van der Waals surface area contributed by atoms with Gasteiger partial charge in [-0.1, -0.05) is 44.7 Å². The van der Waals surface area contributed by atoms with Gasteiger partial charge < -0.3 is 33.6 Å². The lowest BCUT2D eigenvalue weighted by atomic mass is 9.82. The highest BCUT2D eigenvalue weighted by Crippen LogP contribution is 2.61. The van der Waals surface area contributed by atoms with Gasteiger partial charge in [0.1, 0.15) is 0 Å². The second-order valence-electron chi connectivity index (χ2n) is 16.7. The van der Waals surface area contributed by atoms with Gasteiger partial charge >= 0.3 is 0 Å². The number of likely N-dealkylation sites (tertiary alicyclic amines) is 1. The van der Waals surface area contributed by atoms with Gasteiger partial charge in [0.25, 0.3) is 5.91 Å². The molecular weight excluding hydrogens is 704 g/mol. The van der Waals surface area contributed by atoms with Crippen molar-refractivity contribution in [3.05, 3.63) is 53.6 Å². The first-order valence-electron chi connectivity index (χ1n) is 20.4. The largest absolute Gasteiger partial charge is 0.394 e. The van der Waals surface area contributed by atoms with Gasteiger partial charge in [0.05, 0.1) is 37.4 Å². The maximum absolute atomic E-state index is 16.6. The number of halogens is 1.